The first-order valence-electron chi connectivity index (χ1n) is 5.52. The molecule has 2 rings (SSSR count). The van der Waals surface area contributed by atoms with E-state index in [-0.39, 0.29) is 0 Å². The second-order valence-corrected chi connectivity index (χ2v) is 3.80. The molecule has 0 bridgehead atoms. The minimum absolute atomic E-state index is 0.539. The van der Waals surface area contributed by atoms with Gasteiger partial charge in [-0.1, -0.05) is 12.1 Å². The second kappa shape index (κ2) is 5.21. The summed E-state index contributed by atoms with van der Waals surface area (Å²) in [5.74, 6) is 1.65. The fraction of sp³-hybridized carbons (Fsp3) is 0.385. The smallest absolute Gasteiger partial charge is 0.176 e. The van der Waals surface area contributed by atoms with E-state index in [2.05, 4.69) is 5.32 Å². The molecule has 4 heteroatoms. The molecular formula is C13H17NO3. The highest BCUT2D eigenvalue weighted by atomic mass is 16.5. The lowest BCUT2D eigenvalue weighted by Crippen LogP contribution is -2.06. The van der Waals surface area contributed by atoms with E-state index in [0.29, 0.717) is 13.2 Å². The summed E-state index contributed by atoms with van der Waals surface area (Å²) < 4.78 is 16.4. The van der Waals surface area contributed by atoms with Gasteiger partial charge in [-0.15, -0.1) is 0 Å². The first-order valence-corrected chi connectivity index (χ1v) is 5.52. The molecule has 4 nitrogen and oxygen atoms in total. The van der Waals surface area contributed by atoms with Crippen molar-refractivity contribution < 1.29 is 13.9 Å². The largest absolute Gasteiger partial charge is 0.493 e. The monoisotopic (exact) mass is 235 g/mol. The summed E-state index contributed by atoms with van der Waals surface area (Å²) in [5, 5.41) is 4.14. The molecule has 1 aromatic carbocycles. The van der Waals surface area contributed by atoms with Gasteiger partial charge in [0.2, 0.25) is 0 Å². The number of rotatable bonds is 5. The van der Waals surface area contributed by atoms with Crippen LogP contribution in [-0.2, 0) is 17.9 Å². The molecule has 0 saturated carbocycles. The number of benzene rings is 1. The van der Waals surface area contributed by atoms with E-state index in [9.17, 15) is 0 Å². The van der Waals surface area contributed by atoms with Crippen LogP contribution in [0.15, 0.2) is 22.6 Å². The van der Waals surface area contributed by atoms with Crippen LogP contribution in [0.4, 0.5) is 0 Å². The maximum Gasteiger partial charge on any atom is 0.176 e. The Morgan fingerprint density at radius 2 is 2.12 bits per heavy atom. The molecule has 17 heavy (non-hydrogen) atoms. The molecule has 2 aromatic rings. The van der Waals surface area contributed by atoms with Crippen molar-refractivity contribution in [2.24, 2.45) is 0 Å². The molecule has 0 unspecified atom stereocenters. The Kier molecular flexibility index (Phi) is 3.66. The zero-order valence-corrected chi connectivity index (χ0v) is 10.4. The van der Waals surface area contributed by atoms with Gasteiger partial charge in [0.1, 0.15) is 5.76 Å². The van der Waals surface area contributed by atoms with Crippen LogP contribution in [0.1, 0.15) is 11.3 Å². The number of para-hydroxylation sites is 1. The summed E-state index contributed by atoms with van der Waals surface area (Å²) in [7, 11) is 5.22. The van der Waals surface area contributed by atoms with Crippen LogP contribution >= 0.6 is 0 Å². The van der Waals surface area contributed by atoms with Crippen molar-refractivity contribution in [2.45, 2.75) is 13.2 Å². The number of nitrogens with one attached hydrogen (secondary N) is 1. The van der Waals surface area contributed by atoms with Gasteiger partial charge < -0.3 is 19.2 Å². The minimum Gasteiger partial charge on any atom is -0.493 e. The topological polar surface area (TPSA) is 43.6 Å². The van der Waals surface area contributed by atoms with Crippen molar-refractivity contribution in [3.63, 3.8) is 0 Å². The van der Waals surface area contributed by atoms with Crippen molar-refractivity contribution in [1.82, 2.24) is 5.32 Å². The molecule has 0 amide bonds. The van der Waals surface area contributed by atoms with Gasteiger partial charge in [-0.25, -0.2) is 0 Å². The van der Waals surface area contributed by atoms with Crippen molar-refractivity contribution >= 4 is 11.0 Å². The van der Waals surface area contributed by atoms with Crippen LogP contribution in [-0.4, -0.2) is 21.3 Å². The van der Waals surface area contributed by atoms with E-state index in [1.165, 1.54) is 0 Å². The first-order chi connectivity index (χ1) is 8.31. The fourth-order valence-electron chi connectivity index (χ4n) is 1.96. The van der Waals surface area contributed by atoms with Gasteiger partial charge in [0.25, 0.3) is 0 Å². The standard InChI is InChI=1S/C13H17NO3/c1-14-7-12-10(8-15-2)9-5-4-6-11(16-3)13(9)17-12/h4-6,14H,7-8H2,1-3H3. The van der Waals surface area contributed by atoms with Crippen LogP contribution < -0.4 is 10.1 Å². The molecule has 1 aromatic heterocycles. The lowest BCUT2D eigenvalue weighted by Gasteiger charge is -2.01. The van der Waals surface area contributed by atoms with Gasteiger partial charge in [-0.3, -0.25) is 0 Å². The van der Waals surface area contributed by atoms with E-state index >= 15 is 0 Å². The summed E-state index contributed by atoms with van der Waals surface area (Å²) in [6.45, 7) is 1.22. The molecule has 0 aliphatic carbocycles. The summed E-state index contributed by atoms with van der Waals surface area (Å²) >= 11 is 0. The molecule has 0 saturated heterocycles. The third-order valence-corrected chi connectivity index (χ3v) is 2.71. The average molecular weight is 235 g/mol. The maximum atomic E-state index is 5.85. The zero-order valence-electron chi connectivity index (χ0n) is 10.4. The molecule has 0 spiro atoms. The Morgan fingerprint density at radius 1 is 1.29 bits per heavy atom. The Balaban J connectivity index is 2.60. The van der Waals surface area contributed by atoms with E-state index in [1.54, 1.807) is 14.2 Å². The molecule has 1 N–H and O–H groups in total. The molecule has 1 heterocycles. The SMILES string of the molecule is CNCc1oc2c(OC)cccc2c1COC. The summed E-state index contributed by atoms with van der Waals surface area (Å²) in [6.07, 6.45) is 0. The second-order valence-electron chi connectivity index (χ2n) is 3.80. The molecule has 0 aliphatic rings. The first kappa shape index (κ1) is 12.0. The number of fused-ring (bicyclic) bond motifs is 1. The highest BCUT2D eigenvalue weighted by molar-refractivity contribution is 5.87. The summed E-state index contributed by atoms with van der Waals surface area (Å²) in [6, 6.07) is 5.87. The number of ether oxygens (including phenoxy) is 2. The van der Waals surface area contributed by atoms with Gasteiger partial charge in [0.05, 0.1) is 20.3 Å². The summed E-state index contributed by atoms with van der Waals surface area (Å²) in [4.78, 5) is 0. The van der Waals surface area contributed by atoms with Gasteiger partial charge in [0, 0.05) is 18.1 Å². The van der Waals surface area contributed by atoms with E-state index in [0.717, 1.165) is 28.0 Å². The molecule has 0 fully saturated rings. The lowest BCUT2D eigenvalue weighted by molar-refractivity contribution is 0.183. The van der Waals surface area contributed by atoms with Gasteiger partial charge >= 0.3 is 0 Å². The van der Waals surface area contributed by atoms with Crippen LogP contribution in [0.2, 0.25) is 0 Å². The van der Waals surface area contributed by atoms with Crippen molar-refractivity contribution in [1.29, 1.82) is 0 Å². The van der Waals surface area contributed by atoms with Crippen molar-refractivity contribution in [3.05, 3.63) is 29.5 Å². The number of furan rings is 1. The van der Waals surface area contributed by atoms with E-state index < -0.39 is 0 Å². The third-order valence-electron chi connectivity index (χ3n) is 2.71. The predicted octanol–water partition coefficient (Wildman–Crippen LogP) is 2.31. The quantitative estimate of drug-likeness (QED) is 0.863. The third kappa shape index (κ3) is 2.14. The Labute approximate surface area is 101 Å². The molecule has 0 radical (unpaired) electrons. The number of hydrogen-bond acceptors (Lipinski definition) is 4. The van der Waals surface area contributed by atoms with Gasteiger partial charge in [-0.2, -0.15) is 0 Å². The number of methoxy groups -OCH3 is 2. The maximum absolute atomic E-state index is 5.85. The molecular weight excluding hydrogens is 218 g/mol. The average Bonchev–Trinajstić information content (AvgIpc) is 2.69. The van der Waals surface area contributed by atoms with E-state index in [4.69, 9.17) is 13.9 Å². The van der Waals surface area contributed by atoms with Gasteiger partial charge in [0.15, 0.2) is 11.3 Å². The molecule has 92 valence electrons. The highest BCUT2D eigenvalue weighted by Crippen LogP contribution is 2.33. The summed E-state index contributed by atoms with van der Waals surface area (Å²) in [5.41, 5.74) is 1.86. The van der Waals surface area contributed by atoms with Crippen molar-refractivity contribution in [2.75, 3.05) is 21.3 Å². The molecule has 0 atom stereocenters. The zero-order chi connectivity index (χ0) is 12.3. The van der Waals surface area contributed by atoms with E-state index in [1.807, 2.05) is 25.2 Å². The normalized spacial score (nSPS) is 11.0. The van der Waals surface area contributed by atoms with Crippen LogP contribution in [0.25, 0.3) is 11.0 Å². The lowest BCUT2D eigenvalue weighted by atomic mass is 10.1. The van der Waals surface area contributed by atoms with Gasteiger partial charge in [-0.05, 0) is 13.1 Å². The molecule has 0 aliphatic heterocycles. The number of hydrogen-bond donors (Lipinski definition) is 1. The Morgan fingerprint density at radius 3 is 2.76 bits per heavy atom. The fourth-order valence-corrected chi connectivity index (χ4v) is 1.96. The Bertz CT molecular complexity index is 505. The van der Waals surface area contributed by atoms with Crippen molar-refractivity contribution in [3.8, 4) is 5.75 Å². The predicted molar refractivity (Wildman–Crippen MR) is 66.2 cm³/mol. The van der Waals surface area contributed by atoms with Crippen LogP contribution in [0.5, 0.6) is 5.75 Å². The minimum atomic E-state index is 0.539. The Hall–Kier alpha value is -1.52. The highest BCUT2D eigenvalue weighted by Gasteiger charge is 2.16. The van der Waals surface area contributed by atoms with Crippen LogP contribution in [0, 0.1) is 0 Å². The van der Waals surface area contributed by atoms with Crippen LogP contribution in [0.3, 0.4) is 0 Å².